The van der Waals surface area contributed by atoms with Crippen LogP contribution in [0.15, 0.2) is 21.5 Å². The van der Waals surface area contributed by atoms with Gasteiger partial charge in [-0.3, -0.25) is 0 Å². The molecule has 0 saturated carbocycles. The first-order valence-electron chi connectivity index (χ1n) is 6.37. The van der Waals surface area contributed by atoms with Crippen molar-refractivity contribution in [1.29, 1.82) is 0 Å². The predicted octanol–water partition coefficient (Wildman–Crippen LogP) is 2.29. The zero-order valence-corrected chi connectivity index (χ0v) is 14.3. The van der Waals surface area contributed by atoms with Crippen molar-refractivity contribution in [2.75, 3.05) is 25.5 Å². The number of nitrogens with two attached hydrogens (primary N) is 1. The summed E-state index contributed by atoms with van der Waals surface area (Å²) in [5, 5.41) is 0. The summed E-state index contributed by atoms with van der Waals surface area (Å²) in [4.78, 5) is 0.196. The molecule has 1 aromatic carbocycles. The molecule has 0 heterocycles. The molecule has 0 radical (unpaired) electrons. The van der Waals surface area contributed by atoms with E-state index in [2.05, 4.69) is 20.7 Å². The van der Waals surface area contributed by atoms with Crippen molar-refractivity contribution in [3.05, 3.63) is 22.2 Å². The monoisotopic (exact) mass is 364 g/mol. The summed E-state index contributed by atoms with van der Waals surface area (Å²) in [5.41, 5.74) is 6.77. The third kappa shape index (κ3) is 5.05. The van der Waals surface area contributed by atoms with Crippen LogP contribution in [0, 0.1) is 12.8 Å². The highest BCUT2D eigenvalue weighted by atomic mass is 79.9. The summed E-state index contributed by atoms with van der Waals surface area (Å²) in [6.45, 7) is 7.02. The minimum atomic E-state index is -3.56. The summed E-state index contributed by atoms with van der Waals surface area (Å²) < 4.78 is 32.9. The first kappa shape index (κ1) is 17.4. The highest BCUT2D eigenvalue weighted by Gasteiger charge is 2.17. The number of nitrogens with one attached hydrogen (secondary N) is 1. The number of nitrogen functional groups attached to an aromatic ring is 1. The molecule has 114 valence electrons. The summed E-state index contributed by atoms with van der Waals surface area (Å²) in [5.74, 6) is 0.431. The van der Waals surface area contributed by atoms with Gasteiger partial charge in [-0.25, -0.2) is 13.1 Å². The molecule has 0 aliphatic carbocycles. The molecule has 0 aliphatic heterocycles. The quantitative estimate of drug-likeness (QED) is 0.574. The fourth-order valence-corrected chi connectivity index (χ4v) is 3.33. The first-order chi connectivity index (χ1) is 9.24. The Labute approximate surface area is 129 Å². The van der Waals surface area contributed by atoms with E-state index in [9.17, 15) is 8.42 Å². The predicted molar refractivity (Wildman–Crippen MR) is 84.1 cm³/mol. The van der Waals surface area contributed by atoms with Crippen molar-refractivity contribution in [3.63, 3.8) is 0 Å². The van der Waals surface area contributed by atoms with Crippen LogP contribution in [0.1, 0.15) is 19.4 Å². The van der Waals surface area contributed by atoms with E-state index in [4.69, 9.17) is 10.5 Å². The topological polar surface area (TPSA) is 81.4 Å². The van der Waals surface area contributed by atoms with Crippen molar-refractivity contribution >= 4 is 31.6 Å². The Balaban J connectivity index is 2.68. The molecule has 20 heavy (non-hydrogen) atoms. The maximum Gasteiger partial charge on any atom is 0.240 e. The molecule has 1 aromatic rings. The second-order valence-corrected chi connectivity index (χ2v) is 7.60. The molecule has 5 nitrogen and oxygen atoms in total. The number of hydrogen-bond donors (Lipinski definition) is 2. The molecule has 3 N–H and O–H groups in total. The van der Waals surface area contributed by atoms with Crippen LogP contribution in [0.2, 0.25) is 0 Å². The van der Waals surface area contributed by atoms with Crippen molar-refractivity contribution < 1.29 is 13.2 Å². The van der Waals surface area contributed by atoms with Crippen LogP contribution in [-0.2, 0) is 14.8 Å². The smallest absolute Gasteiger partial charge is 0.240 e. The van der Waals surface area contributed by atoms with Gasteiger partial charge in [0.05, 0.1) is 11.5 Å². The lowest BCUT2D eigenvalue weighted by atomic mass is 10.2. The Morgan fingerprint density at radius 3 is 2.65 bits per heavy atom. The summed E-state index contributed by atoms with van der Waals surface area (Å²) in [6.07, 6.45) is 0. The molecule has 0 saturated heterocycles. The lowest BCUT2D eigenvalue weighted by molar-refractivity contribution is 0.114. The lowest BCUT2D eigenvalue weighted by Gasteiger charge is -2.12. The largest absolute Gasteiger partial charge is 0.398 e. The number of benzene rings is 1. The SMILES string of the molecule is Cc1cc(Br)c(N)cc1S(=O)(=O)NCCOCC(C)C. The number of hydrogen-bond acceptors (Lipinski definition) is 4. The Hall–Kier alpha value is -0.630. The van der Waals surface area contributed by atoms with Gasteiger partial charge in [0.2, 0.25) is 10.0 Å². The molecule has 0 amide bonds. The van der Waals surface area contributed by atoms with E-state index in [0.29, 0.717) is 34.9 Å². The number of aryl methyl sites for hydroxylation is 1. The van der Waals surface area contributed by atoms with Crippen LogP contribution in [0.3, 0.4) is 0 Å². The second kappa shape index (κ2) is 7.40. The highest BCUT2D eigenvalue weighted by Crippen LogP contribution is 2.26. The van der Waals surface area contributed by atoms with Crippen LogP contribution >= 0.6 is 15.9 Å². The molecule has 0 aliphatic rings. The average Bonchev–Trinajstić information content (AvgIpc) is 2.32. The van der Waals surface area contributed by atoms with Crippen molar-refractivity contribution in [1.82, 2.24) is 4.72 Å². The van der Waals surface area contributed by atoms with Crippen LogP contribution in [-0.4, -0.2) is 28.2 Å². The van der Waals surface area contributed by atoms with E-state index in [0.717, 1.165) is 0 Å². The molecule has 7 heteroatoms. The van der Waals surface area contributed by atoms with E-state index in [1.807, 2.05) is 13.8 Å². The Bertz CT molecular complexity index is 559. The van der Waals surface area contributed by atoms with Crippen molar-refractivity contribution in [2.24, 2.45) is 5.92 Å². The van der Waals surface area contributed by atoms with E-state index >= 15 is 0 Å². The summed E-state index contributed by atoms with van der Waals surface area (Å²) in [6, 6.07) is 3.15. The first-order valence-corrected chi connectivity index (χ1v) is 8.64. The van der Waals surface area contributed by atoms with Crippen molar-refractivity contribution in [3.8, 4) is 0 Å². The molecule has 0 spiro atoms. The molecule has 0 bridgehead atoms. The van der Waals surface area contributed by atoms with Gasteiger partial charge in [-0.05, 0) is 46.5 Å². The standard InChI is InChI=1S/C13H21BrN2O3S/c1-9(2)8-19-5-4-16-20(17,18)13-7-12(15)11(14)6-10(13)3/h6-7,9,16H,4-5,8,15H2,1-3H3. The molecule has 0 atom stereocenters. The molecule has 0 unspecified atom stereocenters. The number of anilines is 1. The molecule has 0 aromatic heterocycles. The molecule has 0 fully saturated rings. The van der Waals surface area contributed by atoms with Gasteiger partial charge in [-0.1, -0.05) is 13.8 Å². The zero-order valence-electron chi connectivity index (χ0n) is 11.9. The van der Waals surface area contributed by atoms with Gasteiger partial charge in [-0.2, -0.15) is 0 Å². The van der Waals surface area contributed by atoms with E-state index in [1.54, 1.807) is 13.0 Å². The van der Waals surface area contributed by atoms with Gasteiger partial charge in [-0.15, -0.1) is 0 Å². The average molecular weight is 365 g/mol. The van der Waals surface area contributed by atoms with Gasteiger partial charge in [0, 0.05) is 23.3 Å². The number of halogens is 1. The maximum atomic E-state index is 12.2. The highest BCUT2D eigenvalue weighted by molar-refractivity contribution is 9.10. The van der Waals surface area contributed by atoms with Crippen molar-refractivity contribution in [2.45, 2.75) is 25.7 Å². The lowest BCUT2D eigenvalue weighted by Crippen LogP contribution is -2.28. The molecular formula is C13H21BrN2O3S. The third-order valence-corrected chi connectivity index (χ3v) is 4.86. The zero-order chi connectivity index (χ0) is 15.3. The summed E-state index contributed by atoms with van der Waals surface area (Å²) in [7, 11) is -3.56. The van der Waals surface area contributed by atoms with Gasteiger partial charge < -0.3 is 10.5 Å². The van der Waals surface area contributed by atoms with Gasteiger partial charge >= 0.3 is 0 Å². The fourth-order valence-electron chi connectivity index (χ4n) is 1.60. The fraction of sp³-hybridized carbons (Fsp3) is 0.538. The minimum Gasteiger partial charge on any atom is -0.398 e. The second-order valence-electron chi connectivity index (χ2n) is 5.01. The van der Waals surface area contributed by atoms with Gasteiger partial charge in [0.15, 0.2) is 0 Å². The number of sulfonamides is 1. The van der Waals surface area contributed by atoms with E-state index in [-0.39, 0.29) is 11.4 Å². The van der Waals surface area contributed by atoms with Gasteiger partial charge in [0.25, 0.3) is 0 Å². The van der Waals surface area contributed by atoms with Crippen LogP contribution < -0.4 is 10.5 Å². The Morgan fingerprint density at radius 1 is 1.40 bits per heavy atom. The molecular weight excluding hydrogens is 344 g/mol. The summed E-state index contributed by atoms with van der Waals surface area (Å²) >= 11 is 3.27. The Kier molecular flexibility index (Phi) is 6.44. The van der Waals surface area contributed by atoms with Crippen LogP contribution in [0.5, 0.6) is 0 Å². The maximum absolute atomic E-state index is 12.2. The van der Waals surface area contributed by atoms with E-state index in [1.165, 1.54) is 6.07 Å². The number of rotatable bonds is 7. The number of ether oxygens (including phenoxy) is 1. The normalized spacial score (nSPS) is 12.1. The third-order valence-electron chi connectivity index (χ3n) is 2.57. The van der Waals surface area contributed by atoms with E-state index < -0.39 is 10.0 Å². The Morgan fingerprint density at radius 2 is 2.05 bits per heavy atom. The molecule has 1 rings (SSSR count). The van der Waals surface area contributed by atoms with Gasteiger partial charge in [0.1, 0.15) is 0 Å². The van der Waals surface area contributed by atoms with Crippen LogP contribution in [0.4, 0.5) is 5.69 Å². The van der Waals surface area contributed by atoms with Crippen LogP contribution in [0.25, 0.3) is 0 Å². The minimum absolute atomic E-state index is 0.196.